The molecule has 6 heteroatoms. The average Bonchev–Trinajstić information content (AvgIpc) is 2.43. The molecule has 0 aliphatic carbocycles. The summed E-state index contributed by atoms with van der Waals surface area (Å²) >= 11 is 3.46. The molecule has 1 fully saturated rings. The Hall–Kier alpha value is -1.40. The van der Waals surface area contributed by atoms with Crippen LogP contribution >= 0.6 is 15.9 Å². The van der Waals surface area contributed by atoms with Gasteiger partial charge in [0.1, 0.15) is 0 Å². The quantitative estimate of drug-likeness (QED) is 0.902. The average molecular weight is 354 g/mol. The van der Waals surface area contributed by atoms with Crippen LogP contribution in [0.1, 0.15) is 12.5 Å². The lowest BCUT2D eigenvalue weighted by Gasteiger charge is -2.33. The van der Waals surface area contributed by atoms with Crippen LogP contribution in [0, 0.1) is 6.92 Å². The van der Waals surface area contributed by atoms with E-state index in [2.05, 4.69) is 26.1 Å². The number of hydrogen-bond donors (Lipinski definition) is 1. The molecular weight excluding hydrogens is 334 g/mol. The van der Waals surface area contributed by atoms with Crippen molar-refractivity contribution in [2.24, 2.45) is 0 Å². The lowest BCUT2D eigenvalue weighted by Crippen LogP contribution is -2.49. The first kappa shape index (κ1) is 16.0. The Morgan fingerprint density at radius 2 is 1.90 bits per heavy atom. The molecule has 0 spiro atoms. The number of piperazine rings is 1. The van der Waals surface area contributed by atoms with Crippen molar-refractivity contribution in [2.75, 3.05) is 38.0 Å². The zero-order chi connectivity index (χ0) is 15.4. The van der Waals surface area contributed by atoms with Crippen molar-refractivity contribution in [2.45, 2.75) is 13.8 Å². The van der Waals surface area contributed by atoms with Crippen LogP contribution in [0.15, 0.2) is 22.7 Å². The second-order valence-corrected chi connectivity index (χ2v) is 6.15. The summed E-state index contributed by atoms with van der Waals surface area (Å²) in [6.45, 7) is 6.81. The Morgan fingerprint density at radius 1 is 1.24 bits per heavy atom. The van der Waals surface area contributed by atoms with Crippen LogP contribution in [0.2, 0.25) is 0 Å². The fourth-order valence-corrected chi connectivity index (χ4v) is 2.67. The van der Waals surface area contributed by atoms with Gasteiger partial charge in [0, 0.05) is 43.3 Å². The fourth-order valence-electron chi connectivity index (χ4n) is 2.30. The highest BCUT2D eigenvalue weighted by Crippen LogP contribution is 2.20. The molecule has 0 aromatic heterocycles. The predicted molar refractivity (Wildman–Crippen MR) is 86.2 cm³/mol. The van der Waals surface area contributed by atoms with Gasteiger partial charge in [-0.1, -0.05) is 22.0 Å². The molecule has 1 aliphatic rings. The van der Waals surface area contributed by atoms with E-state index in [1.807, 2.05) is 30.0 Å². The van der Waals surface area contributed by atoms with Crippen molar-refractivity contribution in [1.82, 2.24) is 9.80 Å². The largest absolute Gasteiger partial charge is 0.340 e. The van der Waals surface area contributed by atoms with E-state index in [1.165, 1.54) is 0 Å². The molecular formula is C15H20BrN3O2. The summed E-state index contributed by atoms with van der Waals surface area (Å²) in [5.74, 6) is 0.0747. The molecule has 21 heavy (non-hydrogen) atoms. The zero-order valence-electron chi connectivity index (χ0n) is 12.4. The number of aryl methyl sites for hydroxylation is 1. The van der Waals surface area contributed by atoms with Gasteiger partial charge in [0.25, 0.3) is 0 Å². The Kier molecular flexibility index (Phi) is 5.36. The summed E-state index contributed by atoms with van der Waals surface area (Å²) in [5, 5.41) is 2.90. The smallest absolute Gasteiger partial charge is 0.238 e. The molecule has 2 amide bonds. The van der Waals surface area contributed by atoms with Gasteiger partial charge < -0.3 is 10.2 Å². The molecule has 0 radical (unpaired) electrons. The van der Waals surface area contributed by atoms with Crippen molar-refractivity contribution in [3.8, 4) is 0 Å². The molecule has 1 aliphatic heterocycles. The maximum atomic E-state index is 12.0. The van der Waals surface area contributed by atoms with E-state index in [9.17, 15) is 9.59 Å². The number of rotatable bonds is 3. The first-order valence-corrected chi connectivity index (χ1v) is 7.79. The van der Waals surface area contributed by atoms with Gasteiger partial charge >= 0.3 is 0 Å². The Balaban J connectivity index is 1.82. The van der Waals surface area contributed by atoms with E-state index < -0.39 is 0 Å². The van der Waals surface area contributed by atoms with E-state index in [0.29, 0.717) is 19.6 Å². The molecule has 2 rings (SSSR count). The monoisotopic (exact) mass is 353 g/mol. The number of nitrogens with one attached hydrogen (secondary N) is 1. The number of halogens is 1. The topological polar surface area (TPSA) is 52.7 Å². The third kappa shape index (κ3) is 4.54. The number of anilines is 1. The summed E-state index contributed by atoms with van der Waals surface area (Å²) in [5.41, 5.74) is 1.92. The van der Waals surface area contributed by atoms with E-state index in [0.717, 1.165) is 28.8 Å². The van der Waals surface area contributed by atoms with E-state index in [4.69, 9.17) is 0 Å². The predicted octanol–water partition coefficient (Wildman–Crippen LogP) is 1.86. The second-order valence-electron chi connectivity index (χ2n) is 5.29. The molecule has 5 nitrogen and oxygen atoms in total. The molecule has 1 aromatic carbocycles. The van der Waals surface area contributed by atoms with Gasteiger partial charge in [-0.2, -0.15) is 0 Å². The van der Waals surface area contributed by atoms with E-state index in [1.54, 1.807) is 6.92 Å². The number of benzene rings is 1. The fraction of sp³-hybridized carbons (Fsp3) is 0.467. The number of amides is 2. The van der Waals surface area contributed by atoms with Crippen molar-refractivity contribution in [3.63, 3.8) is 0 Å². The highest BCUT2D eigenvalue weighted by Gasteiger charge is 2.20. The van der Waals surface area contributed by atoms with Crippen LogP contribution < -0.4 is 5.32 Å². The number of carbonyl (C=O) groups is 2. The molecule has 0 atom stereocenters. The minimum Gasteiger partial charge on any atom is -0.340 e. The van der Waals surface area contributed by atoms with Gasteiger partial charge in [0.15, 0.2) is 0 Å². The standard InChI is InChI=1S/C15H20BrN3O2/c1-11-3-4-13(9-14(11)16)17-15(21)10-18-5-7-19(8-6-18)12(2)20/h3-4,9H,5-8,10H2,1-2H3,(H,17,21). The van der Waals surface area contributed by atoms with Gasteiger partial charge in [-0.05, 0) is 24.6 Å². The maximum Gasteiger partial charge on any atom is 0.238 e. The van der Waals surface area contributed by atoms with Crippen molar-refractivity contribution >= 4 is 33.4 Å². The van der Waals surface area contributed by atoms with Gasteiger partial charge in [0.2, 0.25) is 11.8 Å². The summed E-state index contributed by atoms with van der Waals surface area (Å²) < 4.78 is 0.982. The zero-order valence-corrected chi connectivity index (χ0v) is 13.9. The summed E-state index contributed by atoms with van der Waals surface area (Å²) in [6.07, 6.45) is 0. The molecule has 1 aromatic rings. The Bertz CT molecular complexity index is 540. The van der Waals surface area contributed by atoms with Gasteiger partial charge in [-0.3, -0.25) is 14.5 Å². The third-order valence-corrected chi connectivity index (χ3v) is 4.49. The van der Waals surface area contributed by atoms with Crippen LogP contribution in [0.5, 0.6) is 0 Å². The van der Waals surface area contributed by atoms with E-state index in [-0.39, 0.29) is 11.8 Å². The number of hydrogen-bond acceptors (Lipinski definition) is 3. The Labute approximate surface area is 133 Å². The number of carbonyl (C=O) groups excluding carboxylic acids is 2. The van der Waals surface area contributed by atoms with Crippen molar-refractivity contribution in [3.05, 3.63) is 28.2 Å². The lowest BCUT2D eigenvalue weighted by molar-refractivity contribution is -0.130. The highest BCUT2D eigenvalue weighted by atomic mass is 79.9. The van der Waals surface area contributed by atoms with Crippen LogP contribution in [0.3, 0.4) is 0 Å². The second kappa shape index (κ2) is 7.04. The maximum absolute atomic E-state index is 12.0. The molecule has 1 saturated heterocycles. The van der Waals surface area contributed by atoms with Crippen LogP contribution in [-0.2, 0) is 9.59 Å². The van der Waals surface area contributed by atoms with Crippen LogP contribution in [0.4, 0.5) is 5.69 Å². The SMILES string of the molecule is CC(=O)N1CCN(CC(=O)Nc2ccc(C)c(Br)c2)CC1. The van der Waals surface area contributed by atoms with Gasteiger partial charge in [0.05, 0.1) is 6.54 Å². The first-order chi connectivity index (χ1) is 9.95. The molecule has 1 N–H and O–H groups in total. The summed E-state index contributed by atoms with van der Waals surface area (Å²) in [4.78, 5) is 27.2. The molecule has 0 unspecified atom stereocenters. The third-order valence-electron chi connectivity index (χ3n) is 3.64. The van der Waals surface area contributed by atoms with Crippen molar-refractivity contribution < 1.29 is 9.59 Å². The van der Waals surface area contributed by atoms with Gasteiger partial charge in [-0.25, -0.2) is 0 Å². The van der Waals surface area contributed by atoms with Crippen LogP contribution in [0.25, 0.3) is 0 Å². The minimum atomic E-state index is -0.0259. The van der Waals surface area contributed by atoms with Gasteiger partial charge in [-0.15, -0.1) is 0 Å². The number of nitrogens with zero attached hydrogens (tertiary/aromatic N) is 2. The molecule has 114 valence electrons. The molecule has 0 saturated carbocycles. The molecule has 0 bridgehead atoms. The Morgan fingerprint density at radius 3 is 2.48 bits per heavy atom. The van der Waals surface area contributed by atoms with Crippen LogP contribution in [-0.4, -0.2) is 54.3 Å². The first-order valence-electron chi connectivity index (χ1n) is 6.99. The highest BCUT2D eigenvalue weighted by molar-refractivity contribution is 9.10. The van der Waals surface area contributed by atoms with Crippen molar-refractivity contribution in [1.29, 1.82) is 0 Å². The lowest BCUT2D eigenvalue weighted by atomic mass is 10.2. The minimum absolute atomic E-state index is 0.0259. The summed E-state index contributed by atoms with van der Waals surface area (Å²) in [7, 11) is 0. The molecule has 1 heterocycles. The normalized spacial score (nSPS) is 15.9. The van der Waals surface area contributed by atoms with E-state index >= 15 is 0 Å². The summed E-state index contributed by atoms with van der Waals surface area (Å²) in [6, 6.07) is 5.76.